The molecule has 1 aliphatic rings. The Labute approximate surface area is 155 Å². The smallest absolute Gasteiger partial charge is 0.191 e. The highest BCUT2D eigenvalue weighted by Gasteiger charge is 2.09. The largest absolute Gasteiger partial charge is 0.356 e. The summed E-state index contributed by atoms with van der Waals surface area (Å²) in [5.41, 5.74) is 0. The van der Waals surface area contributed by atoms with Gasteiger partial charge < -0.3 is 15.5 Å². The standard InChI is InChI=1S/C15H27N5S.HI/c1-13-12-19-14(21-13)6-7-17-15(16-2)18-8-11-20-9-4-3-5-10-20;/h12H,3-11H2,1-2H3,(H2,16,17,18);1H. The predicted octanol–water partition coefficient (Wildman–Crippen LogP) is 2.26. The number of aliphatic imine (C=N–C) groups is 1. The maximum atomic E-state index is 4.37. The molecule has 2 N–H and O–H groups in total. The second kappa shape index (κ2) is 11.2. The lowest BCUT2D eigenvalue weighted by Gasteiger charge is -2.26. The molecular formula is C15H28IN5S. The van der Waals surface area contributed by atoms with E-state index >= 15 is 0 Å². The maximum Gasteiger partial charge on any atom is 0.191 e. The van der Waals surface area contributed by atoms with Gasteiger partial charge in [-0.15, -0.1) is 35.3 Å². The third-order valence-electron chi connectivity index (χ3n) is 3.69. The average molecular weight is 437 g/mol. The number of hydrogen-bond acceptors (Lipinski definition) is 4. The molecule has 0 saturated carbocycles. The average Bonchev–Trinajstić information content (AvgIpc) is 2.92. The summed E-state index contributed by atoms with van der Waals surface area (Å²) in [7, 11) is 1.82. The van der Waals surface area contributed by atoms with Crippen LogP contribution in [0.25, 0.3) is 0 Å². The van der Waals surface area contributed by atoms with E-state index < -0.39 is 0 Å². The quantitative estimate of drug-likeness (QED) is 0.407. The zero-order valence-corrected chi connectivity index (χ0v) is 16.7. The fourth-order valence-electron chi connectivity index (χ4n) is 2.54. The number of likely N-dealkylation sites (tertiary alicyclic amines) is 1. The van der Waals surface area contributed by atoms with Crippen molar-refractivity contribution in [3.8, 4) is 0 Å². The first kappa shape index (κ1) is 19.6. The number of piperidine rings is 1. The molecule has 1 saturated heterocycles. The summed E-state index contributed by atoms with van der Waals surface area (Å²) in [6, 6.07) is 0. The molecular weight excluding hydrogens is 409 g/mol. The van der Waals surface area contributed by atoms with Crippen LogP contribution < -0.4 is 10.6 Å². The van der Waals surface area contributed by atoms with Crippen LogP contribution in [0, 0.1) is 6.92 Å². The monoisotopic (exact) mass is 437 g/mol. The fraction of sp³-hybridized carbons (Fsp3) is 0.733. The van der Waals surface area contributed by atoms with Crippen molar-refractivity contribution >= 4 is 41.3 Å². The molecule has 1 fully saturated rings. The molecule has 0 radical (unpaired) electrons. The summed E-state index contributed by atoms with van der Waals surface area (Å²) in [5.74, 6) is 0.889. The van der Waals surface area contributed by atoms with Gasteiger partial charge >= 0.3 is 0 Å². The van der Waals surface area contributed by atoms with Crippen molar-refractivity contribution in [1.29, 1.82) is 0 Å². The Hall–Kier alpha value is -0.410. The summed E-state index contributed by atoms with van der Waals surface area (Å²) < 4.78 is 0. The molecule has 0 amide bonds. The first-order chi connectivity index (χ1) is 10.3. The van der Waals surface area contributed by atoms with Crippen molar-refractivity contribution in [3.05, 3.63) is 16.1 Å². The third kappa shape index (κ3) is 7.23. The van der Waals surface area contributed by atoms with Gasteiger partial charge in [0.1, 0.15) is 0 Å². The number of thiazole rings is 1. The van der Waals surface area contributed by atoms with Crippen LogP contribution in [0.3, 0.4) is 0 Å². The van der Waals surface area contributed by atoms with E-state index in [1.165, 1.54) is 42.2 Å². The third-order valence-corrected chi connectivity index (χ3v) is 4.67. The number of nitrogens with one attached hydrogen (secondary N) is 2. The van der Waals surface area contributed by atoms with Crippen molar-refractivity contribution in [2.24, 2.45) is 4.99 Å². The van der Waals surface area contributed by atoms with Gasteiger partial charge in [-0.3, -0.25) is 4.99 Å². The van der Waals surface area contributed by atoms with Crippen molar-refractivity contribution in [1.82, 2.24) is 20.5 Å². The molecule has 2 heterocycles. The fourth-order valence-corrected chi connectivity index (χ4v) is 3.33. The van der Waals surface area contributed by atoms with Crippen molar-refractivity contribution in [3.63, 3.8) is 0 Å². The highest BCUT2D eigenvalue weighted by molar-refractivity contribution is 14.0. The van der Waals surface area contributed by atoms with Crippen LogP contribution in [-0.4, -0.2) is 55.6 Å². The van der Waals surface area contributed by atoms with Crippen LogP contribution in [-0.2, 0) is 6.42 Å². The summed E-state index contributed by atoms with van der Waals surface area (Å²) >= 11 is 1.77. The Bertz CT molecular complexity index is 443. The highest BCUT2D eigenvalue weighted by Crippen LogP contribution is 2.10. The Balaban J connectivity index is 0.00000242. The molecule has 1 aromatic rings. The predicted molar refractivity (Wildman–Crippen MR) is 106 cm³/mol. The Morgan fingerprint density at radius 1 is 1.27 bits per heavy atom. The number of halogens is 1. The summed E-state index contributed by atoms with van der Waals surface area (Å²) in [5, 5.41) is 7.92. The van der Waals surface area contributed by atoms with Gasteiger partial charge in [0, 0.05) is 44.2 Å². The van der Waals surface area contributed by atoms with E-state index in [1.807, 2.05) is 13.2 Å². The Morgan fingerprint density at radius 3 is 2.64 bits per heavy atom. The minimum Gasteiger partial charge on any atom is -0.356 e. The van der Waals surface area contributed by atoms with Gasteiger partial charge in [-0.2, -0.15) is 0 Å². The number of guanidine groups is 1. The van der Waals surface area contributed by atoms with Crippen LogP contribution in [0.15, 0.2) is 11.2 Å². The molecule has 1 aliphatic heterocycles. The first-order valence-corrected chi connectivity index (χ1v) is 8.68. The molecule has 0 bridgehead atoms. The van der Waals surface area contributed by atoms with Gasteiger partial charge in [0.15, 0.2) is 5.96 Å². The normalized spacial score (nSPS) is 16.2. The SMILES string of the molecule is CN=C(NCCc1ncc(C)s1)NCCN1CCCCC1.I. The Morgan fingerprint density at radius 2 is 2.00 bits per heavy atom. The number of aryl methyl sites for hydroxylation is 1. The molecule has 5 nitrogen and oxygen atoms in total. The molecule has 0 unspecified atom stereocenters. The van der Waals surface area contributed by atoms with Crippen molar-refractivity contribution < 1.29 is 0 Å². The van der Waals surface area contributed by atoms with E-state index in [0.717, 1.165) is 32.0 Å². The van der Waals surface area contributed by atoms with Gasteiger partial charge in [0.2, 0.25) is 0 Å². The van der Waals surface area contributed by atoms with Crippen LogP contribution in [0.4, 0.5) is 0 Å². The van der Waals surface area contributed by atoms with E-state index in [-0.39, 0.29) is 24.0 Å². The topological polar surface area (TPSA) is 52.6 Å². The molecule has 2 rings (SSSR count). The zero-order chi connectivity index (χ0) is 14.9. The molecule has 0 spiro atoms. The minimum atomic E-state index is 0. The number of nitrogens with zero attached hydrogens (tertiary/aromatic N) is 3. The second-order valence-electron chi connectivity index (χ2n) is 5.44. The van der Waals surface area contributed by atoms with E-state index in [9.17, 15) is 0 Å². The summed E-state index contributed by atoms with van der Waals surface area (Å²) in [6.07, 6.45) is 6.97. The molecule has 126 valence electrons. The van der Waals surface area contributed by atoms with Crippen LogP contribution in [0.5, 0.6) is 0 Å². The van der Waals surface area contributed by atoms with Gasteiger partial charge in [-0.1, -0.05) is 6.42 Å². The Kier molecular flexibility index (Phi) is 9.98. The van der Waals surface area contributed by atoms with Gasteiger partial charge in [-0.25, -0.2) is 4.98 Å². The van der Waals surface area contributed by atoms with Gasteiger partial charge in [0.05, 0.1) is 5.01 Å². The van der Waals surface area contributed by atoms with Gasteiger partial charge in [-0.05, 0) is 32.9 Å². The minimum absolute atomic E-state index is 0. The van der Waals surface area contributed by atoms with Crippen LogP contribution in [0.2, 0.25) is 0 Å². The summed E-state index contributed by atoms with van der Waals surface area (Å²) in [6.45, 7) is 7.52. The van der Waals surface area contributed by atoms with Gasteiger partial charge in [0.25, 0.3) is 0 Å². The highest BCUT2D eigenvalue weighted by atomic mass is 127. The van der Waals surface area contributed by atoms with E-state index in [4.69, 9.17) is 0 Å². The summed E-state index contributed by atoms with van der Waals surface area (Å²) in [4.78, 5) is 12.4. The van der Waals surface area contributed by atoms with Crippen molar-refractivity contribution in [2.45, 2.75) is 32.6 Å². The number of rotatable bonds is 6. The molecule has 0 aromatic carbocycles. The van der Waals surface area contributed by atoms with Crippen molar-refractivity contribution in [2.75, 3.05) is 39.8 Å². The van der Waals surface area contributed by atoms with Crippen LogP contribution >= 0.6 is 35.3 Å². The molecule has 22 heavy (non-hydrogen) atoms. The second-order valence-corrected chi connectivity index (χ2v) is 6.76. The lowest BCUT2D eigenvalue weighted by molar-refractivity contribution is 0.232. The lowest BCUT2D eigenvalue weighted by Crippen LogP contribution is -2.43. The molecule has 7 heteroatoms. The molecule has 0 aliphatic carbocycles. The maximum absolute atomic E-state index is 4.37. The molecule has 1 aromatic heterocycles. The molecule has 0 atom stereocenters. The first-order valence-electron chi connectivity index (χ1n) is 7.86. The zero-order valence-electron chi connectivity index (χ0n) is 13.6. The lowest BCUT2D eigenvalue weighted by atomic mass is 10.1. The van der Waals surface area contributed by atoms with E-state index in [2.05, 4.69) is 32.4 Å². The number of aromatic nitrogens is 1. The number of hydrogen-bond donors (Lipinski definition) is 2. The van der Waals surface area contributed by atoms with E-state index in [0.29, 0.717) is 0 Å². The van der Waals surface area contributed by atoms with E-state index in [1.54, 1.807) is 11.3 Å². The van der Waals surface area contributed by atoms with Crippen LogP contribution in [0.1, 0.15) is 29.1 Å².